The fourth-order valence-corrected chi connectivity index (χ4v) is 2.81. The van der Waals surface area contributed by atoms with E-state index in [1.807, 2.05) is 0 Å². The number of hydrogen-bond donors (Lipinski definition) is 1. The third-order valence-electron chi connectivity index (χ3n) is 3.60. The molecule has 0 amide bonds. The Kier molecular flexibility index (Phi) is 4.18. The Morgan fingerprint density at radius 3 is 2.94 bits per heavy atom. The molecule has 4 nitrogen and oxygen atoms in total. The molecule has 2 heterocycles. The molecule has 0 aromatic rings. The summed E-state index contributed by atoms with van der Waals surface area (Å²) in [6.45, 7) is 4.92. The first-order valence-electron chi connectivity index (χ1n) is 6.26. The summed E-state index contributed by atoms with van der Waals surface area (Å²) in [6, 6.07) is 0. The molecule has 0 radical (unpaired) electrons. The minimum Gasteiger partial charge on any atom is -0.481 e. The van der Waals surface area contributed by atoms with Crippen molar-refractivity contribution < 1.29 is 14.6 Å². The second kappa shape index (κ2) is 5.64. The number of aliphatic carboxylic acids is 1. The first-order valence-corrected chi connectivity index (χ1v) is 6.26. The topological polar surface area (TPSA) is 49.8 Å². The summed E-state index contributed by atoms with van der Waals surface area (Å²) in [6.07, 6.45) is 3.81. The number of likely N-dealkylation sites (tertiary alicyclic amines) is 1. The van der Waals surface area contributed by atoms with Gasteiger partial charge in [0.1, 0.15) is 0 Å². The maximum atomic E-state index is 10.6. The molecule has 0 aromatic heterocycles. The van der Waals surface area contributed by atoms with Crippen LogP contribution >= 0.6 is 0 Å². The van der Waals surface area contributed by atoms with Crippen LogP contribution in [0.25, 0.3) is 0 Å². The minimum absolute atomic E-state index is 0.331. The Morgan fingerprint density at radius 2 is 2.25 bits per heavy atom. The van der Waals surface area contributed by atoms with Crippen LogP contribution < -0.4 is 0 Å². The van der Waals surface area contributed by atoms with Gasteiger partial charge in [-0.25, -0.2) is 0 Å². The van der Waals surface area contributed by atoms with Gasteiger partial charge in [0, 0.05) is 26.1 Å². The van der Waals surface area contributed by atoms with Gasteiger partial charge in [0.05, 0.1) is 6.61 Å². The number of carboxylic acids is 1. The zero-order valence-electron chi connectivity index (χ0n) is 9.73. The number of hydrogen-bond acceptors (Lipinski definition) is 3. The Bertz CT molecular complexity index is 238. The highest BCUT2D eigenvalue weighted by Gasteiger charge is 2.26. The summed E-state index contributed by atoms with van der Waals surface area (Å²) >= 11 is 0. The largest absolute Gasteiger partial charge is 0.481 e. The second-order valence-electron chi connectivity index (χ2n) is 5.10. The van der Waals surface area contributed by atoms with Crippen molar-refractivity contribution in [2.24, 2.45) is 11.8 Å². The first kappa shape index (κ1) is 11.9. The van der Waals surface area contributed by atoms with E-state index in [2.05, 4.69) is 4.90 Å². The molecule has 92 valence electrons. The maximum absolute atomic E-state index is 10.6. The van der Waals surface area contributed by atoms with Gasteiger partial charge in [0.25, 0.3) is 0 Å². The molecule has 16 heavy (non-hydrogen) atoms. The Hall–Kier alpha value is -0.610. The molecule has 0 spiro atoms. The lowest BCUT2D eigenvalue weighted by molar-refractivity contribution is -0.138. The lowest BCUT2D eigenvalue weighted by Crippen LogP contribution is -2.32. The molecule has 0 aromatic carbocycles. The van der Waals surface area contributed by atoms with Crippen LogP contribution in [0.5, 0.6) is 0 Å². The van der Waals surface area contributed by atoms with Gasteiger partial charge in [-0.05, 0) is 37.6 Å². The molecular formula is C12H21NO3. The molecule has 1 N–H and O–H groups in total. The first-order chi connectivity index (χ1) is 7.74. The Balaban J connectivity index is 1.69. The quantitative estimate of drug-likeness (QED) is 0.784. The van der Waals surface area contributed by atoms with Crippen molar-refractivity contribution in [2.75, 3.05) is 32.8 Å². The van der Waals surface area contributed by atoms with Crippen LogP contribution in [0.2, 0.25) is 0 Å². The fraction of sp³-hybridized carbons (Fsp3) is 0.917. The van der Waals surface area contributed by atoms with E-state index in [4.69, 9.17) is 9.84 Å². The van der Waals surface area contributed by atoms with Crippen molar-refractivity contribution in [1.29, 1.82) is 0 Å². The molecule has 2 fully saturated rings. The summed E-state index contributed by atoms with van der Waals surface area (Å²) < 4.78 is 5.46. The highest BCUT2D eigenvalue weighted by Crippen LogP contribution is 2.22. The summed E-state index contributed by atoms with van der Waals surface area (Å²) in [5.41, 5.74) is 0. The van der Waals surface area contributed by atoms with Crippen molar-refractivity contribution in [2.45, 2.75) is 25.7 Å². The smallest absolute Gasteiger partial charge is 0.303 e. The van der Waals surface area contributed by atoms with Crippen molar-refractivity contribution >= 4 is 5.97 Å². The van der Waals surface area contributed by atoms with Crippen LogP contribution in [0.15, 0.2) is 0 Å². The molecule has 2 unspecified atom stereocenters. The van der Waals surface area contributed by atoms with Crippen molar-refractivity contribution in [3.05, 3.63) is 0 Å². The van der Waals surface area contributed by atoms with Crippen LogP contribution in [0.4, 0.5) is 0 Å². The van der Waals surface area contributed by atoms with Crippen LogP contribution in [0, 0.1) is 11.8 Å². The highest BCUT2D eigenvalue weighted by molar-refractivity contribution is 5.67. The van der Waals surface area contributed by atoms with E-state index in [0.717, 1.165) is 39.3 Å². The van der Waals surface area contributed by atoms with E-state index in [-0.39, 0.29) is 0 Å². The van der Waals surface area contributed by atoms with Gasteiger partial charge in [-0.15, -0.1) is 0 Å². The van der Waals surface area contributed by atoms with E-state index in [9.17, 15) is 4.79 Å². The zero-order chi connectivity index (χ0) is 11.4. The van der Waals surface area contributed by atoms with Gasteiger partial charge in [0.15, 0.2) is 0 Å². The van der Waals surface area contributed by atoms with Crippen LogP contribution in [-0.2, 0) is 9.53 Å². The molecule has 0 bridgehead atoms. The number of rotatable bonds is 4. The summed E-state index contributed by atoms with van der Waals surface area (Å²) in [4.78, 5) is 13.0. The lowest BCUT2D eigenvalue weighted by atomic mass is 10.0. The zero-order valence-corrected chi connectivity index (χ0v) is 9.73. The van der Waals surface area contributed by atoms with E-state index < -0.39 is 5.97 Å². The van der Waals surface area contributed by atoms with Crippen LogP contribution in [-0.4, -0.2) is 48.8 Å². The SMILES string of the molecule is O=C(O)CC1CCN(CC2CCCOC2)C1. The van der Waals surface area contributed by atoms with Gasteiger partial charge < -0.3 is 14.7 Å². The maximum Gasteiger partial charge on any atom is 0.303 e. The van der Waals surface area contributed by atoms with E-state index >= 15 is 0 Å². The standard InChI is InChI=1S/C12H21NO3/c14-12(15)6-10-3-4-13(7-10)8-11-2-1-5-16-9-11/h10-11H,1-9H2,(H,14,15). The van der Waals surface area contributed by atoms with Crippen molar-refractivity contribution in [3.63, 3.8) is 0 Å². The lowest BCUT2D eigenvalue weighted by Gasteiger charge is -2.26. The third kappa shape index (κ3) is 3.46. The van der Waals surface area contributed by atoms with Gasteiger partial charge in [-0.1, -0.05) is 0 Å². The van der Waals surface area contributed by atoms with Gasteiger partial charge in [-0.2, -0.15) is 0 Å². The Labute approximate surface area is 96.6 Å². The molecule has 2 atom stereocenters. The van der Waals surface area contributed by atoms with Gasteiger partial charge in [0.2, 0.25) is 0 Å². The molecule has 2 aliphatic rings. The molecule has 0 aliphatic carbocycles. The molecule has 0 saturated carbocycles. The van der Waals surface area contributed by atoms with E-state index in [1.165, 1.54) is 12.8 Å². The predicted octanol–water partition coefficient (Wildman–Crippen LogP) is 1.21. The summed E-state index contributed by atoms with van der Waals surface area (Å²) in [5.74, 6) is 0.368. The monoisotopic (exact) mass is 227 g/mol. The molecule has 4 heteroatoms. The number of nitrogens with zero attached hydrogens (tertiary/aromatic N) is 1. The molecule has 2 saturated heterocycles. The normalized spacial score (nSPS) is 31.8. The summed E-state index contributed by atoms with van der Waals surface area (Å²) in [5, 5.41) is 8.74. The molecule has 2 aliphatic heterocycles. The van der Waals surface area contributed by atoms with Crippen molar-refractivity contribution in [3.8, 4) is 0 Å². The van der Waals surface area contributed by atoms with Gasteiger partial charge in [-0.3, -0.25) is 4.79 Å². The minimum atomic E-state index is -0.659. The number of ether oxygens (including phenoxy) is 1. The van der Waals surface area contributed by atoms with Crippen molar-refractivity contribution in [1.82, 2.24) is 4.90 Å². The Morgan fingerprint density at radius 1 is 1.38 bits per heavy atom. The number of carboxylic acid groups (broad SMARTS) is 1. The van der Waals surface area contributed by atoms with E-state index in [1.54, 1.807) is 0 Å². The number of carbonyl (C=O) groups is 1. The predicted molar refractivity (Wildman–Crippen MR) is 60.3 cm³/mol. The van der Waals surface area contributed by atoms with E-state index in [0.29, 0.717) is 18.3 Å². The van der Waals surface area contributed by atoms with Gasteiger partial charge >= 0.3 is 5.97 Å². The molecule has 2 rings (SSSR count). The molecular weight excluding hydrogens is 206 g/mol. The van der Waals surface area contributed by atoms with Crippen LogP contribution in [0.3, 0.4) is 0 Å². The average molecular weight is 227 g/mol. The fourth-order valence-electron chi connectivity index (χ4n) is 2.81. The average Bonchev–Trinajstić information content (AvgIpc) is 2.66. The third-order valence-corrected chi connectivity index (χ3v) is 3.60. The second-order valence-corrected chi connectivity index (χ2v) is 5.10. The van der Waals surface area contributed by atoms with Crippen LogP contribution in [0.1, 0.15) is 25.7 Å². The summed E-state index contributed by atoms with van der Waals surface area (Å²) in [7, 11) is 0. The highest BCUT2D eigenvalue weighted by atomic mass is 16.5.